The number of anilines is 1. The normalized spacial score (nSPS) is 11.1. The van der Waals surface area contributed by atoms with Crippen molar-refractivity contribution >= 4 is 41.5 Å². The fraction of sp³-hybridized carbons (Fsp3) is 0.600. The molecule has 0 heterocycles. The number of amides is 1. The third-order valence-electron chi connectivity index (χ3n) is 4.05. The van der Waals surface area contributed by atoms with Gasteiger partial charge in [-0.05, 0) is 37.6 Å². The van der Waals surface area contributed by atoms with Crippen LogP contribution in [0.5, 0.6) is 0 Å². The van der Waals surface area contributed by atoms with Crippen molar-refractivity contribution < 1.29 is 9.53 Å². The Morgan fingerprint density at radius 3 is 2.71 bits per heavy atom. The molecule has 0 fully saturated rings. The Hall–Kier alpha value is -1.39. The molecular formula is C20H36IN5O2. The first-order valence-corrected chi connectivity index (χ1v) is 9.59. The smallest absolute Gasteiger partial charge is 0.224 e. The molecule has 160 valence electrons. The maximum atomic E-state index is 11.7. The van der Waals surface area contributed by atoms with Gasteiger partial charge in [0.05, 0.1) is 0 Å². The van der Waals surface area contributed by atoms with E-state index in [1.54, 1.807) is 14.2 Å². The molecule has 0 aromatic heterocycles. The van der Waals surface area contributed by atoms with Crippen LogP contribution in [0.3, 0.4) is 0 Å². The number of nitrogens with one attached hydrogen (secondary N) is 3. The molecular weight excluding hydrogens is 469 g/mol. The van der Waals surface area contributed by atoms with Crippen LogP contribution in [-0.2, 0) is 16.1 Å². The third-order valence-corrected chi connectivity index (χ3v) is 4.05. The highest BCUT2D eigenvalue weighted by molar-refractivity contribution is 14.0. The van der Waals surface area contributed by atoms with E-state index in [-0.39, 0.29) is 29.9 Å². The summed E-state index contributed by atoms with van der Waals surface area (Å²) in [6.07, 6.45) is 2.42. The Kier molecular flexibility index (Phi) is 15.7. The molecule has 1 amide bonds. The fourth-order valence-corrected chi connectivity index (χ4v) is 2.57. The summed E-state index contributed by atoms with van der Waals surface area (Å²) in [5.74, 6) is 0.815. The highest BCUT2D eigenvalue weighted by Crippen LogP contribution is 2.11. The molecule has 1 rings (SSSR count). The molecule has 0 aliphatic heterocycles. The van der Waals surface area contributed by atoms with Crippen molar-refractivity contribution in [1.29, 1.82) is 0 Å². The van der Waals surface area contributed by atoms with Crippen molar-refractivity contribution in [2.24, 2.45) is 4.99 Å². The number of likely N-dealkylation sites (N-methyl/N-ethyl adjacent to an activating group) is 1. The van der Waals surface area contributed by atoms with E-state index < -0.39 is 0 Å². The van der Waals surface area contributed by atoms with E-state index in [2.05, 4.69) is 32.9 Å². The van der Waals surface area contributed by atoms with Crippen LogP contribution < -0.4 is 16.0 Å². The number of guanidine groups is 1. The second-order valence-electron chi connectivity index (χ2n) is 6.50. The quantitative estimate of drug-likeness (QED) is 0.176. The minimum absolute atomic E-state index is 0. The molecule has 28 heavy (non-hydrogen) atoms. The lowest BCUT2D eigenvalue weighted by Crippen LogP contribution is -2.40. The molecule has 0 atom stereocenters. The van der Waals surface area contributed by atoms with Gasteiger partial charge in [-0.2, -0.15) is 0 Å². The Balaban J connectivity index is 0.00000729. The average Bonchev–Trinajstić information content (AvgIpc) is 2.65. The lowest BCUT2D eigenvalue weighted by molar-refractivity contribution is -0.116. The number of hydrogen-bond donors (Lipinski definition) is 3. The number of halogens is 1. The topological polar surface area (TPSA) is 78.0 Å². The van der Waals surface area contributed by atoms with E-state index in [0.717, 1.165) is 56.3 Å². The van der Waals surface area contributed by atoms with Crippen molar-refractivity contribution in [3.63, 3.8) is 0 Å². The number of rotatable bonds is 12. The average molecular weight is 505 g/mol. The zero-order chi connectivity index (χ0) is 19.9. The lowest BCUT2D eigenvalue weighted by Gasteiger charge is -2.18. The molecule has 0 bridgehead atoms. The molecule has 7 nitrogen and oxygen atoms in total. The van der Waals surface area contributed by atoms with E-state index >= 15 is 0 Å². The monoisotopic (exact) mass is 505 g/mol. The number of benzene rings is 1. The number of methoxy groups -OCH3 is 1. The Bertz CT molecular complexity index is 583. The van der Waals surface area contributed by atoms with Gasteiger partial charge in [-0.3, -0.25) is 9.79 Å². The summed E-state index contributed by atoms with van der Waals surface area (Å²) in [7, 11) is 5.59. The summed E-state index contributed by atoms with van der Waals surface area (Å²) in [4.78, 5) is 18.2. The van der Waals surface area contributed by atoms with Crippen LogP contribution in [0.2, 0.25) is 0 Å². The molecule has 1 aromatic carbocycles. The van der Waals surface area contributed by atoms with Crippen molar-refractivity contribution in [3.8, 4) is 0 Å². The molecule has 0 saturated carbocycles. The highest BCUT2D eigenvalue weighted by atomic mass is 127. The summed E-state index contributed by atoms with van der Waals surface area (Å²) in [6, 6.07) is 7.87. The van der Waals surface area contributed by atoms with E-state index in [4.69, 9.17) is 4.74 Å². The van der Waals surface area contributed by atoms with Crippen LogP contribution in [0.4, 0.5) is 5.69 Å². The minimum atomic E-state index is 0. The number of carbonyl (C=O) groups excluding carboxylic acids is 1. The molecule has 0 aliphatic rings. The van der Waals surface area contributed by atoms with Crippen LogP contribution in [-0.4, -0.2) is 64.2 Å². The van der Waals surface area contributed by atoms with Gasteiger partial charge < -0.3 is 25.6 Å². The molecule has 8 heteroatoms. The van der Waals surface area contributed by atoms with Crippen molar-refractivity contribution in [3.05, 3.63) is 29.8 Å². The van der Waals surface area contributed by atoms with Gasteiger partial charge in [0.15, 0.2) is 5.96 Å². The maximum Gasteiger partial charge on any atom is 0.224 e. The van der Waals surface area contributed by atoms with Crippen molar-refractivity contribution in [2.75, 3.05) is 52.8 Å². The highest BCUT2D eigenvalue weighted by Gasteiger charge is 2.03. The fourth-order valence-electron chi connectivity index (χ4n) is 2.57. The number of nitrogens with zero attached hydrogens (tertiary/aromatic N) is 2. The molecule has 1 aromatic rings. The minimum Gasteiger partial charge on any atom is -0.385 e. The third kappa shape index (κ3) is 12.1. The zero-order valence-corrected chi connectivity index (χ0v) is 19.9. The first-order valence-electron chi connectivity index (χ1n) is 9.59. The summed E-state index contributed by atoms with van der Waals surface area (Å²) < 4.78 is 5.07. The predicted molar refractivity (Wildman–Crippen MR) is 128 cm³/mol. The zero-order valence-electron chi connectivity index (χ0n) is 17.6. The van der Waals surface area contributed by atoms with Gasteiger partial charge in [-0.15, -0.1) is 24.0 Å². The lowest BCUT2D eigenvalue weighted by atomic mass is 10.2. The van der Waals surface area contributed by atoms with Gasteiger partial charge in [-0.25, -0.2) is 0 Å². The van der Waals surface area contributed by atoms with Gasteiger partial charge in [-0.1, -0.05) is 19.1 Å². The van der Waals surface area contributed by atoms with Crippen molar-refractivity contribution in [1.82, 2.24) is 15.5 Å². The van der Waals surface area contributed by atoms with Gasteiger partial charge in [0.25, 0.3) is 0 Å². The molecule has 3 N–H and O–H groups in total. The number of aliphatic imine (C=N–C) groups is 1. The van der Waals surface area contributed by atoms with Crippen molar-refractivity contribution in [2.45, 2.75) is 32.7 Å². The molecule has 0 saturated heterocycles. The van der Waals surface area contributed by atoms with Crippen LogP contribution in [0.1, 0.15) is 31.7 Å². The standard InChI is InChI=1S/C20H35N5O2.HI/c1-5-8-19(26)24-18-10-6-9-17(15-18)16-23-20(21-2)22-11-13-25(3)12-7-14-27-4;/h6,9-10,15H,5,7-8,11-14,16H2,1-4H3,(H,24,26)(H2,21,22,23);1H. The van der Waals surface area contributed by atoms with Crippen LogP contribution in [0, 0.1) is 0 Å². The van der Waals surface area contributed by atoms with E-state index in [9.17, 15) is 4.79 Å². The van der Waals surface area contributed by atoms with E-state index in [1.807, 2.05) is 31.2 Å². The maximum absolute atomic E-state index is 11.7. The second-order valence-corrected chi connectivity index (χ2v) is 6.50. The van der Waals surface area contributed by atoms with Gasteiger partial charge in [0, 0.05) is 59.1 Å². The SMILES string of the molecule is CCCC(=O)Nc1cccc(CNC(=NC)NCCN(C)CCCOC)c1.I. The van der Waals surface area contributed by atoms with E-state index in [1.165, 1.54) is 0 Å². The molecule has 0 radical (unpaired) electrons. The second kappa shape index (κ2) is 16.6. The van der Waals surface area contributed by atoms with Crippen LogP contribution >= 0.6 is 24.0 Å². The number of ether oxygens (including phenoxy) is 1. The first-order chi connectivity index (χ1) is 13.1. The molecule has 0 aliphatic carbocycles. The van der Waals surface area contributed by atoms with E-state index in [0.29, 0.717) is 13.0 Å². The van der Waals surface area contributed by atoms with Gasteiger partial charge >= 0.3 is 0 Å². The predicted octanol–water partition coefficient (Wildman–Crippen LogP) is 2.68. The van der Waals surface area contributed by atoms with Gasteiger partial charge in [0.1, 0.15) is 0 Å². The Labute approximate surface area is 186 Å². The van der Waals surface area contributed by atoms with Gasteiger partial charge in [0.2, 0.25) is 5.91 Å². The summed E-state index contributed by atoms with van der Waals surface area (Å²) in [6.45, 7) is 6.19. The Morgan fingerprint density at radius 1 is 1.25 bits per heavy atom. The summed E-state index contributed by atoms with van der Waals surface area (Å²) in [5.41, 5.74) is 1.91. The van der Waals surface area contributed by atoms with Crippen LogP contribution in [0.25, 0.3) is 0 Å². The van der Waals surface area contributed by atoms with Crippen LogP contribution in [0.15, 0.2) is 29.3 Å². The number of hydrogen-bond acceptors (Lipinski definition) is 4. The largest absolute Gasteiger partial charge is 0.385 e. The summed E-state index contributed by atoms with van der Waals surface area (Å²) in [5, 5.41) is 9.55. The number of carbonyl (C=O) groups is 1. The molecule has 0 unspecified atom stereocenters. The molecule has 0 spiro atoms. The first kappa shape index (κ1) is 26.6. The Morgan fingerprint density at radius 2 is 2.04 bits per heavy atom. The summed E-state index contributed by atoms with van der Waals surface area (Å²) >= 11 is 0.